The fourth-order valence-corrected chi connectivity index (χ4v) is 4.40. The van der Waals surface area contributed by atoms with Gasteiger partial charge in [-0.05, 0) is 28.5 Å². The Morgan fingerprint density at radius 3 is 2.68 bits per heavy atom. The molecule has 6 heteroatoms. The summed E-state index contributed by atoms with van der Waals surface area (Å²) in [7, 11) is 0. The number of ether oxygens (including phenoxy) is 1. The SMILES string of the molecule is c1ccc2c(-c3[nH]ncc3CNC[C@H](c3ccncc3)N3CCOCC3)cccc2c1. The van der Waals surface area contributed by atoms with Crippen molar-refractivity contribution in [1.82, 2.24) is 25.4 Å². The van der Waals surface area contributed by atoms with E-state index in [2.05, 4.69) is 80.0 Å². The van der Waals surface area contributed by atoms with Crippen molar-refractivity contribution < 1.29 is 4.74 Å². The monoisotopic (exact) mass is 413 g/mol. The standard InChI is InChI=1S/C25H27N5O/c1-2-6-22-19(4-1)5-3-7-23(22)25-21(17-28-29-25)16-27-18-24(20-8-10-26-11-9-20)30-12-14-31-15-13-30/h1-11,17,24,27H,12-16,18H2,(H,28,29)/t24-/m1/s1. The van der Waals surface area contributed by atoms with Crippen molar-refractivity contribution in [2.24, 2.45) is 0 Å². The van der Waals surface area contributed by atoms with Crippen LogP contribution in [0, 0.1) is 0 Å². The number of hydrogen-bond acceptors (Lipinski definition) is 5. The summed E-state index contributed by atoms with van der Waals surface area (Å²) in [5.74, 6) is 0. The highest BCUT2D eigenvalue weighted by Gasteiger charge is 2.22. The van der Waals surface area contributed by atoms with Gasteiger partial charge in [-0.15, -0.1) is 0 Å². The van der Waals surface area contributed by atoms with Crippen LogP contribution in [0.3, 0.4) is 0 Å². The molecule has 0 amide bonds. The molecule has 6 nitrogen and oxygen atoms in total. The lowest BCUT2D eigenvalue weighted by Gasteiger charge is -2.35. The zero-order chi connectivity index (χ0) is 20.9. The van der Waals surface area contributed by atoms with Crippen molar-refractivity contribution in [1.29, 1.82) is 0 Å². The van der Waals surface area contributed by atoms with Crippen molar-refractivity contribution in [2.75, 3.05) is 32.8 Å². The van der Waals surface area contributed by atoms with Gasteiger partial charge in [-0.3, -0.25) is 15.0 Å². The Hall–Kier alpha value is -3.06. The van der Waals surface area contributed by atoms with Gasteiger partial charge in [0.2, 0.25) is 0 Å². The third-order valence-corrected chi connectivity index (χ3v) is 6.01. The number of hydrogen-bond donors (Lipinski definition) is 2. The average Bonchev–Trinajstić information content (AvgIpc) is 3.31. The molecule has 1 saturated heterocycles. The number of rotatable bonds is 7. The van der Waals surface area contributed by atoms with Crippen LogP contribution in [0.2, 0.25) is 0 Å². The molecule has 31 heavy (non-hydrogen) atoms. The second kappa shape index (κ2) is 9.39. The molecule has 0 unspecified atom stereocenters. The van der Waals surface area contributed by atoms with Gasteiger partial charge in [0.15, 0.2) is 0 Å². The second-order valence-electron chi connectivity index (χ2n) is 7.87. The molecule has 1 atom stereocenters. The molecule has 3 heterocycles. The van der Waals surface area contributed by atoms with E-state index >= 15 is 0 Å². The van der Waals surface area contributed by atoms with Gasteiger partial charge in [0.1, 0.15) is 0 Å². The number of benzene rings is 2. The summed E-state index contributed by atoms with van der Waals surface area (Å²) >= 11 is 0. The highest BCUT2D eigenvalue weighted by Crippen LogP contribution is 2.29. The maximum atomic E-state index is 5.56. The molecule has 1 fully saturated rings. The first-order valence-corrected chi connectivity index (χ1v) is 10.8. The third-order valence-electron chi connectivity index (χ3n) is 6.01. The summed E-state index contributed by atoms with van der Waals surface area (Å²) in [4.78, 5) is 6.68. The lowest BCUT2D eigenvalue weighted by atomic mass is 10.00. The van der Waals surface area contributed by atoms with E-state index in [0.717, 1.165) is 45.1 Å². The van der Waals surface area contributed by atoms with Gasteiger partial charge in [-0.1, -0.05) is 42.5 Å². The van der Waals surface area contributed by atoms with E-state index in [9.17, 15) is 0 Å². The Morgan fingerprint density at radius 2 is 1.81 bits per heavy atom. The molecule has 2 N–H and O–H groups in total. The van der Waals surface area contributed by atoms with E-state index in [1.165, 1.54) is 27.5 Å². The van der Waals surface area contributed by atoms with Crippen LogP contribution < -0.4 is 5.32 Å². The molecule has 2 aromatic carbocycles. The lowest BCUT2D eigenvalue weighted by molar-refractivity contribution is 0.0161. The summed E-state index contributed by atoms with van der Waals surface area (Å²) in [6, 6.07) is 19.4. The number of aromatic amines is 1. The number of nitrogens with one attached hydrogen (secondary N) is 2. The number of pyridine rings is 1. The van der Waals surface area contributed by atoms with Gasteiger partial charge in [0, 0.05) is 55.7 Å². The summed E-state index contributed by atoms with van der Waals surface area (Å²) in [5.41, 5.74) is 4.72. The van der Waals surface area contributed by atoms with Crippen molar-refractivity contribution in [3.63, 3.8) is 0 Å². The first-order valence-electron chi connectivity index (χ1n) is 10.8. The van der Waals surface area contributed by atoms with Gasteiger partial charge >= 0.3 is 0 Å². The fraction of sp³-hybridized carbons (Fsp3) is 0.280. The smallest absolute Gasteiger partial charge is 0.0701 e. The summed E-state index contributed by atoms with van der Waals surface area (Å²) in [5, 5.41) is 13.7. The number of morpholine rings is 1. The van der Waals surface area contributed by atoms with E-state index in [4.69, 9.17) is 4.74 Å². The Morgan fingerprint density at radius 1 is 1.00 bits per heavy atom. The van der Waals surface area contributed by atoms with Crippen molar-refractivity contribution in [3.8, 4) is 11.3 Å². The van der Waals surface area contributed by atoms with Crippen LogP contribution in [0.5, 0.6) is 0 Å². The predicted molar refractivity (Wildman–Crippen MR) is 123 cm³/mol. The van der Waals surface area contributed by atoms with Crippen LogP contribution in [0.1, 0.15) is 17.2 Å². The largest absolute Gasteiger partial charge is 0.379 e. The molecule has 2 aromatic heterocycles. The molecular weight excluding hydrogens is 386 g/mol. The molecular formula is C25H27N5O. The number of aromatic nitrogens is 3. The third kappa shape index (κ3) is 4.37. The van der Waals surface area contributed by atoms with Gasteiger partial charge in [0.25, 0.3) is 0 Å². The maximum Gasteiger partial charge on any atom is 0.0701 e. The summed E-state index contributed by atoms with van der Waals surface area (Å²) in [6.45, 7) is 5.07. The molecule has 5 rings (SSSR count). The first-order chi connectivity index (χ1) is 15.4. The Kier molecular flexibility index (Phi) is 6.02. The topological polar surface area (TPSA) is 66.1 Å². The number of fused-ring (bicyclic) bond motifs is 1. The fourth-order valence-electron chi connectivity index (χ4n) is 4.40. The van der Waals surface area contributed by atoms with E-state index in [-0.39, 0.29) is 0 Å². The zero-order valence-corrected chi connectivity index (χ0v) is 17.5. The van der Waals surface area contributed by atoms with Gasteiger partial charge < -0.3 is 10.1 Å². The first kappa shape index (κ1) is 19.9. The Bertz CT molecular complexity index is 1120. The van der Waals surface area contributed by atoms with Gasteiger partial charge in [-0.25, -0.2) is 0 Å². The molecule has 158 valence electrons. The van der Waals surface area contributed by atoms with E-state index in [0.29, 0.717) is 6.04 Å². The maximum absolute atomic E-state index is 5.56. The zero-order valence-electron chi connectivity index (χ0n) is 17.5. The predicted octanol–water partition coefficient (Wildman–Crippen LogP) is 3.79. The van der Waals surface area contributed by atoms with E-state index < -0.39 is 0 Å². The lowest BCUT2D eigenvalue weighted by Crippen LogP contribution is -2.42. The van der Waals surface area contributed by atoms with E-state index in [1.807, 2.05) is 18.6 Å². The van der Waals surface area contributed by atoms with Crippen LogP contribution >= 0.6 is 0 Å². The Labute approximate surface area is 182 Å². The van der Waals surface area contributed by atoms with Crippen molar-refractivity contribution in [3.05, 3.63) is 84.3 Å². The minimum atomic E-state index is 0.291. The second-order valence-corrected chi connectivity index (χ2v) is 7.87. The summed E-state index contributed by atoms with van der Waals surface area (Å²) < 4.78 is 5.56. The highest BCUT2D eigenvalue weighted by molar-refractivity contribution is 5.96. The van der Waals surface area contributed by atoms with Crippen molar-refractivity contribution >= 4 is 10.8 Å². The van der Waals surface area contributed by atoms with E-state index in [1.54, 1.807) is 0 Å². The number of H-pyrrole nitrogens is 1. The normalized spacial score (nSPS) is 15.9. The molecule has 4 aromatic rings. The van der Waals surface area contributed by atoms with Crippen LogP contribution in [0.15, 0.2) is 73.2 Å². The molecule has 0 spiro atoms. The highest BCUT2D eigenvalue weighted by atomic mass is 16.5. The molecule has 0 bridgehead atoms. The van der Waals surface area contributed by atoms with Crippen LogP contribution in [-0.2, 0) is 11.3 Å². The Balaban J connectivity index is 1.34. The molecule has 1 aliphatic heterocycles. The van der Waals surface area contributed by atoms with Gasteiger partial charge in [-0.2, -0.15) is 5.10 Å². The minimum absolute atomic E-state index is 0.291. The molecule has 0 aliphatic carbocycles. The van der Waals surface area contributed by atoms with Crippen molar-refractivity contribution in [2.45, 2.75) is 12.6 Å². The van der Waals surface area contributed by atoms with Crippen LogP contribution in [0.25, 0.3) is 22.0 Å². The van der Waals surface area contributed by atoms with Crippen LogP contribution in [0.4, 0.5) is 0 Å². The molecule has 0 radical (unpaired) electrons. The van der Waals surface area contributed by atoms with Crippen LogP contribution in [-0.4, -0.2) is 52.9 Å². The molecule has 0 saturated carbocycles. The number of nitrogens with zero attached hydrogens (tertiary/aromatic N) is 3. The minimum Gasteiger partial charge on any atom is -0.379 e. The summed E-state index contributed by atoms with van der Waals surface area (Å²) in [6.07, 6.45) is 5.68. The quantitative estimate of drug-likeness (QED) is 0.483. The average molecular weight is 414 g/mol. The van der Waals surface area contributed by atoms with Gasteiger partial charge in [0.05, 0.1) is 25.1 Å². The molecule has 1 aliphatic rings.